The van der Waals surface area contributed by atoms with Crippen molar-refractivity contribution in [2.24, 2.45) is 0 Å². The second-order valence-corrected chi connectivity index (χ2v) is 8.66. The Hall–Kier alpha value is -0.660. The predicted octanol–water partition coefficient (Wildman–Crippen LogP) is 1.22. The lowest BCUT2D eigenvalue weighted by atomic mass is 10.2. The predicted molar refractivity (Wildman–Crippen MR) is 79.6 cm³/mol. The van der Waals surface area contributed by atoms with E-state index in [1.807, 2.05) is 25.2 Å². The topological polar surface area (TPSA) is 53.5 Å². The zero-order valence-electron chi connectivity index (χ0n) is 11.7. The van der Waals surface area contributed by atoms with E-state index in [1.165, 1.54) is 4.88 Å². The van der Waals surface area contributed by atoms with Crippen LogP contribution in [-0.4, -0.2) is 56.5 Å². The van der Waals surface area contributed by atoms with E-state index in [-0.39, 0.29) is 5.75 Å². The maximum atomic E-state index is 11.7. The van der Waals surface area contributed by atoms with Gasteiger partial charge in [0.1, 0.15) is 0 Å². The average molecular weight is 303 g/mol. The highest BCUT2D eigenvalue weighted by molar-refractivity contribution is 7.91. The van der Waals surface area contributed by atoms with E-state index < -0.39 is 9.84 Å². The molecule has 0 bridgehead atoms. The molecular weight excluding hydrogens is 282 g/mol. The molecule has 1 unspecified atom stereocenters. The van der Waals surface area contributed by atoms with Crippen LogP contribution in [0.5, 0.6) is 0 Å². The molecule has 2 rings (SSSR count). The fourth-order valence-corrected chi connectivity index (χ4v) is 4.40. The largest absolute Gasteiger partial charge is 0.354 e. The summed E-state index contributed by atoms with van der Waals surface area (Å²) in [6, 6.07) is 0.308. The van der Waals surface area contributed by atoms with Crippen molar-refractivity contribution in [2.45, 2.75) is 25.9 Å². The van der Waals surface area contributed by atoms with Crippen LogP contribution in [0.2, 0.25) is 0 Å². The number of nitrogens with zero attached hydrogens (tertiary/aromatic N) is 3. The molecule has 2 heterocycles. The van der Waals surface area contributed by atoms with Gasteiger partial charge in [0.15, 0.2) is 15.0 Å². The van der Waals surface area contributed by atoms with Gasteiger partial charge in [-0.2, -0.15) is 0 Å². The van der Waals surface area contributed by atoms with Gasteiger partial charge in [-0.1, -0.05) is 0 Å². The molecule has 1 aromatic rings. The Morgan fingerprint density at radius 1 is 1.47 bits per heavy atom. The molecule has 108 valence electrons. The Morgan fingerprint density at radius 3 is 2.84 bits per heavy atom. The van der Waals surface area contributed by atoms with E-state index in [9.17, 15) is 8.42 Å². The molecule has 1 aliphatic heterocycles. The van der Waals surface area contributed by atoms with Gasteiger partial charge in [0.2, 0.25) is 0 Å². The Labute approximate surface area is 119 Å². The lowest BCUT2D eigenvalue weighted by molar-refractivity contribution is 0.214. The van der Waals surface area contributed by atoms with E-state index >= 15 is 0 Å². The van der Waals surface area contributed by atoms with Crippen LogP contribution >= 0.6 is 11.3 Å². The summed E-state index contributed by atoms with van der Waals surface area (Å²) in [4.78, 5) is 9.79. The molecule has 0 amide bonds. The van der Waals surface area contributed by atoms with Gasteiger partial charge in [-0.25, -0.2) is 13.4 Å². The summed E-state index contributed by atoms with van der Waals surface area (Å²) in [6.45, 7) is 3.52. The minimum atomic E-state index is -2.85. The summed E-state index contributed by atoms with van der Waals surface area (Å²) in [6.07, 6.45) is 2.62. The minimum absolute atomic E-state index is 0.274. The number of aromatic nitrogens is 1. The van der Waals surface area contributed by atoms with Crippen molar-refractivity contribution in [1.82, 2.24) is 9.88 Å². The van der Waals surface area contributed by atoms with Crippen molar-refractivity contribution in [3.63, 3.8) is 0 Å². The number of sulfone groups is 1. The minimum Gasteiger partial charge on any atom is -0.354 e. The van der Waals surface area contributed by atoms with Crippen molar-refractivity contribution < 1.29 is 8.42 Å². The standard InChI is InChI=1S/C12H21N3O2S2/c1-10-4-6-19(16,17)7-5-15(10)9-11-8-13-12(18-11)14(2)3/h8,10H,4-7,9H2,1-3H3. The van der Waals surface area contributed by atoms with Crippen LogP contribution < -0.4 is 4.90 Å². The van der Waals surface area contributed by atoms with Crippen molar-refractivity contribution in [2.75, 3.05) is 37.0 Å². The molecule has 1 atom stereocenters. The van der Waals surface area contributed by atoms with Crippen LogP contribution in [0.3, 0.4) is 0 Å². The summed E-state index contributed by atoms with van der Waals surface area (Å²) in [5.74, 6) is 0.590. The molecule has 0 N–H and O–H groups in total. The van der Waals surface area contributed by atoms with E-state index in [0.717, 1.165) is 18.1 Å². The van der Waals surface area contributed by atoms with E-state index in [4.69, 9.17) is 0 Å². The molecule has 0 aromatic carbocycles. The summed E-state index contributed by atoms with van der Waals surface area (Å²) in [5, 5.41) is 0.991. The van der Waals surface area contributed by atoms with Crippen LogP contribution in [0.4, 0.5) is 5.13 Å². The van der Waals surface area contributed by atoms with Crippen LogP contribution in [0, 0.1) is 0 Å². The van der Waals surface area contributed by atoms with E-state index in [0.29, 0.717) is 18.3 Å². The lowest BCUT2D eigenvalue weighted by Crippen LogP contribution is -2.33. The fourth-order valence-electron chi connectivity index (χ4n) is 2.12. The molecule has 1 aliphatic rings. The third-order valence-electron chi connectivity index (χ3n) is 3.44. The second kappa shape index (κ2) is 5.76. The third kappa shape index (κ3) is 3.90. The molecular formula is C12H21N3O2S2. The van der Waals surface area contributed by atoms with Crippen molar-refractivity contribution in [3.05, 3.63) is 11.1 Å². The Bertz CT molecular complexity index is 525. The summed E-state index contributed by atoms with van der Waals surface area (Å²) in [5.41, 5.74) is 0. The lowest BCUT2D eigenvalue weighted by Gasteiger charge is -2.25. The smallest absolute Gasteiger partial charge is 0.185 e. The highest BCUT2D eigenvalue weighted by atomic mass is 32.2. The normalized spacial score (nSPS) is 24.1. The summed E-state index contributed by atoms with van der Waals surface area (Å²) >= 11 is 1.67. The average Bonchev–Trinajstić information content (AvgIpc) is 2.75. The van der Waals surface area contributed by atoms with Gasteiger partial charge in [0.25, 0.3) is 0 Å². The monoisotopic (exact) mass is 303 g/mol. The van der Waals surface area contributed by atoms with Crippen LogP contribution in [-0.2, 0) is 16.4 Å². The first-order valence-electron chi connectivity index (χ1n) is 6.44. The van der Waals surface area contributed by atoms with Gasteiger partial charge in [0.05, 0.1) is 11.5 Å². The maximum absolute atomic E-state index is 11.7. The van der Waals surface area contributed by atoms with Crippen LogP contribution in [0.25, 0.3) is 0 Å². The highest BCUT2D eigenvalue weighted by Crippen LogP contribution is 2.23. The number of hydrogen-bond acceptors (Lipinski definition) is 6. The quantitative estimate of drug-likeness (QED) is 0.840. The van der Waals surface area contributed by atoms with Gasteiger partial charge in [-0.3, -0.25) is 4.90 Å². The van der Waals surface area contributed by atoms with Crippen LogP contribution in [0.15, 0.2) is 6.20 Å². The van der Waals surface area contributed by atoms with Crippen molar-refractivity contribution in [3.8, 4) is 0 Å². The Kier molecular flexibility index (Phi) is 4.47. The molecule has 19 heavy (non-hydrogen) atoms. The molecule has 0 saturated carbocycles. The van der Waals surface area contributed by atoms with Crippen LogP contribution in [0.1, 0.15) is 18.2 Å². The molecule has 0 spiro atoms. The molecule has 7 heteroatoms. The Morgan fingerprint density at radius 2 is 2.21 bits per heavy atom. The number of thiazole rings is 1. The first-order chi connectivity index (χ1) is 8.87. The zero-order valence-corrected chi connectivity index (χ0v) is 13.3. The van der Waals surface area contributed by atoms with Gasteiger partial charge >= 0.3 is 0 Å². The molecule has 1 fully saturated rings. The number of rotatable bonds is 3. The Balaban J connectivity index is 2.04. The summed E-state index contributed by atoms with van der Waals surface area (Å²) < 4.78 is 23.3. The third-order valence-corrected chi connectivity index (χ3v) is 6.25. The SMILES string of the molecule is CC1CCS(=O)(=O)CCN1Cc1cnc(N(C)C)s1. The van der Waals surface area contributed by atoms with E-state index in [1.54, 1.807) is 11.3 Å². The summed E-state index contributed by atoms with van der Waals surface area (Å²) in [7, 11) is 1.10. The molecule has 0 radical (unpaired) electrons. The number of hydrogen-bond donors (Lipinski definition) is 0. The highest BCUT2D eigenvalue weighted by Gasteiger charge is 2.24. The maximum Gasteiger partial charge on any atom is 0.185 e. The molecule has 5 nitrogen and oxygen atoms in total. The molecule has 1 saturated heterocycles. The van der Waals surface area contributed by atoms with E-state index in [2.05, 4.69) is 16.8 Å². The first-order valence-corrected chi connectivity index (χ1v) is 9.08. The number of anilines is 1. The van der Waals surface area contributed by atoms with Gasteiger partial charge in [0, 0.05) is 44.3 Å². The van der Waals surface area contributed by atoms with Gasteiger partial charge < -0.3 is 4.90 Å². The molecule has 1 aromatic heterocycles. The fraction of sp³-hybridized carbons (Fsp3) is 0.750. The first kappa shape index (κ1) is 14.7. The zero-order chi connectivity index (χ0) is 14.0. The van der Waals surface area contributed by atoms with Gasteiger partial charge in [-0.15, -0.1) is 11.3 Å². The van der Waals surface area contributed by atoms with Gasteiger partial charge in [-0.05, 0) is 13.3 Å². The van der Waals surface area contributed by atoms with Crippen molar-refractivity contribution >= 4 is 26.3 Å². The molecule has 0 aliphatic carbocycles. The second-order valence-electron chi connectivity index (χ2n) is 5.26. The van der Waals surface area contributed by atoms with Crippen molar-refractivity contribution in [1.29, 1.82) is 0 Å².